The van der Waals surface area contributed by atoms with Crippen molar-refractivity contribution in [3.63, 3.8) is 0 Å². The van der Waals surface area contributed by atoms with Crippen LogP contribution >= 0.6 is 31.9 Å². The summed E-state index contributed by atoms with van der Waals surface area (Å²) in [7, 11) is 0. The molecule has 0 aliphatic carbocycles. The number of nitrogens with zero attached hydrogens (tertiary/aromatic N) is 4. The highest BCUT2D eigenvalue weighted by atomic mass is 79.9. The molecule has 0 fully saturated rings. The lowest BCUT2D eigenvalue weighted by Crippen LogP contribution is -2.26. The van der Waals surface area contributed by atoms with Crippen LogP contribution in [0.2, 0.25) is 0 Å². The van der Waals surface area contributed by atoms with Gasteiger partial charge in [0.25, 0.3) is 0 Å². The standard InChI is InChI=1S/C16H20Br2F3N5O/c1-9-13(17)10(2)25(23-9)7-4-6-22-12(27)5-8-26-11(3)14(18)15(24-26)16(19,20)21/h4-8H2,1-3H3,(H,22,27). The van der Waals surface area contributed by atoms with Gasteiger partial charge in [0.15, 0.2) is 5.69 Å². The molecule has 27 heavy (non-hydrogen) atoms. The number of aromatic nitrogens is 4. The summed E-state index contributed by atoms with van der Waals surface area (Å²) >= 11 is 6.38. The van der Waals surface area contributed by atoms with Crippen LogP contribution in [0.4, 0.5) is 13.2 Å². The van der Waals surface area contributed by atoms with Crippen molar-refractivity contribution in [3.05, 3.63) is 31.7 Å². The third-order valence-corrected chi connectivity index (χ3v) is 6.21. The van der Waals surface area contributed by atoms with E-state index in [2.05, 4.69) is 47.4 Å². The second kappa shape index (κ2) is 8.76. The maximum Gasteiger partial charge on any atom is 0.436 e. The molecule has 2 rings (SSSR count). The van der Waals surface area contributed by atoms with Gasteiger partial charge >= 0.3 is 6.18 Å². The molecule has 2 aromatic rings. The Morgan fingerprint density at radius 1 is 1.04 bits per heavy atom. The summed E-state index contributed by atoms with van der Waals surface area (Å²) in [6.07, 6.45) is -3.78. The van der Waals surface area contributed by atoms with E-state index in [4.69, 9.17) is 0 Å². The summed E-state index contributed by atoms with van der Waals surface area (Å²) in [5.41, 5.74) is 1.30. The molecule has 0 saturated carbocycles. The van der Waals surface area contributed by atoms with E-state index < -0.39 is 11.9 Å². The minimum Gasteiger partial charge on any atom is -0.356 e. The van der Waals surface area contributed by atoms with Crippen molar-refractivity contribution >= 4 is 37.8 Å². The van der Waals surface area contributed by atoms with Crippen LogP contribution in [-0.4, -0.2) is 32.0 Å². The summed E-state index contributed by atoms with van der Waals surface area (Å²) in [6, 6.07) is 0. The van der Waals surface area contributed by atoms with Crippen LogP contribution in [0.3, 0.4) is 0 Å². The summed E-state index contributed by atoms with van der Waals surface area (Å²) in [6.45, 7) is 6.61. The molecular formula is C16H20Br2F3N5O. The van der Waals surface area contributed by atoms with Gasteiger partial charge in [0.2, 0.25) is 5.91 Å². The number of aryl methyl sites for hydroxylation is 3. The first-order chi connectivity index (χ1) is 12.5. The van der Waals surface area contributed by atoms with Gasteiger partial charge in [-0.05, 0) is 59.1 Å². The van der Waals surface area contributed by atoms with E-state index in [9.17, 15) is 18.0 Å². The van der Waals surface area contributed by atoms with Crippen LogP contribution in [-0.2, 0) is 24.1 Å². The third kappa shape index (κ3) is 5.34. The fourth-order valence-corrected chi connectivity index (χ4v) is 3.36. The van der Waals surface area contributed by atoms with E-state index in [0.29, 0.717) is 25.2 Å². The predicted molar refractivity (Wildman–Crippen MR) is 101 cm³/mol. The molecule has 0 bridgehead atoms. The van der Waals surface area contributed by atoms with Crippen LogP contribution in [0.1, 0.15) is 35.6 Å². The molecule has 0 aliphatic rings. The molecule has 0 spiro atoms. The van der Waals surface area contributed by atoms with Crippen molar-refractivity contribution in [2.24, 2.45) is 0 Å². The SMILES string of the molecule is Cc1nn(CCCNC(=O)CCn2nc(C(F)(F)F)c(Br)c2C)c(C)c1Br. The smallest absolute Gasteiger partial charge is 0.356 e. The van der Waals surface area contributed by atoms with E-state index in [-0.39, 0.29) is 23.3 Å². The van der Waals surface area contributed by atoms with Gasteiger partial charge < -0.3 is 5.32 Å². The average molecular weight is 515 g/mol. The molecule has 0 saturated heterocycles. The van der Waals surface area contributed by atoms with Crippen molar-refractivity contribution < 1.29 is 18.0 Å². The minimum atomic E-state index is -4.53. The molecule has 0 aromatic carbocycles. The van der Waals surface area contributed by atoms with E-state index >= 15 is 0 Å². The number of alkyl halides is 3. The zero-order valence-corrected chi connectivity index (χ0v) is 18.3. The molecule has 0 unspecified atom stereocenters. The van der Waals surface area contributed by atoms with Crippen LogP contribution in [0.25, 0.3) is 0 Å². The van der Waals surface area contributed by atoms with Crippen molar-refractivity contribution in [2.45, 2.75) is 52.9 Å². The van der Waals surface area contributed by atoms with Gasteiger partial charge in [-0.3, -0.25) is 14.2 Å². The number of hydrogen-bond donors (Lipinski definition) is 1. The highest BCUT2D eigenvalue weighted by molar-refractivity contribution is 9.10. The Morgan fingerprint density at radius 3 is 2.15 bits per heavy atom. The lowest BCUT2D eigenvalue weighted by Gasteiger charge is -2.08. The number of carbonyl (C=O) groups excluding carboxylic acids is 1. The van der Waals surface area contributed by atoms with Gasteiger partial charge in [-0.1, -0.05) is 0 Å². The first-order valence-corrected chi connectivity index (χ1v) is 9.87. The third-order valence-electron chi connectivity index (χ3n) is 4.11. The Labute approximate surface area is 171 Å². The van der Waals surface area contributed by atoms with E-state index in [1.165, 1.54) is 11.6 Å². The van der Waals surface area contributed by atoms with Gasteiger partial charge in [-0.15, -0.1) is 0 Å². The lowest BCUT2D eigenvalue weighted by atomic mass is 10.3. The van der Waals surface area contributed by atoms with Crippen LogP contribution < -0.4 is 5.32 Å². The first-order valence-electron chi connectivity index (χ1n) is 8.28. The Morgan fingerprint density at radius 2 is 1.63 bits per heavy atom. The molecule has 1 amide bonds. The monoisotopic (exact) mass is 513 g/mol. The number of amides is 1. The minimum absolute atomic E-state index is 0.0533. The van der Waals surface area contributed by atoms with Crippen molar-refractivity contribution in [1.29, 1.82) is 0 Å². The van der Waals surface area contributed by atoms with Crippen molar-refractivity contribution in [3.8, 4) is 0 Å². The topological polar surface area (TPSA) is 64.7 Å². The van der Waals surface area contributed by atoms with Gasteiger partial charge in [0, 0.05) is 25.2 Å². The molecule has 0 atom stereocenters. The number of rotatable bonds is 7. The highest BCUT2D eigenvalue weighted by Gasteiger charge is 2.37. The number of hydrogen-bond acceptors (Lipinski definition) is 3. The quantitative estimate of drug-likeness (QED) is 0.564. The average Bonchev–Trinajstić information content (AvgIpc) is 3.01. The van der Waals surface area contributed by atoms with Crippen LogP contribution in [0.15, 0.2) is 8.95 Å². The van der Waals surface area contributed by atoms with E-state index in [1.54, 1.807) is 0 Å². The zero-order valence-electron chi connectivity index (χ0n) is 15.1. The van der Waals surface area contributed by atoms with Crippen molar-refractivity contribution in [2.75, 3.05) is 6.54 Å². The van der Waals surface area contributed by atoms with E-state index in [1.807, 2.05) is 18.5 Å². The molecule has 2 aromatic heterocycles. The maximum absolute atomic E-state index is 12.8. The number of halogens is 5. The fourth-order valence-electron chi connectivity index (χ4n) is 2.57. The lowest BCUT2D eigenvalue weighted by molar-refractivity contribution is -0.142. The second-order valence-electron chi connectivity index (χ2n) is 6.13. The molecule has 6 nitrogen and oxygen atoms in total. The normalized spacial score (nSPS) is 11.9. The highest BCUT2D eigenvalue weighted by Crippen LogP contribution is 2.35. The Kier molecular flexibility index (Phi) is 7.12. The van der Waals surface area contributed by atoms with E-state index in [0.717, 1.165) is 15.9 Å². The summed E-state index contributed by atoms with van der Waals surface area (Å²) in [4.78, 5) is 11.9. The van der Waals surface area contributed by atoms with Gasteiger partial charge in [0.05, 0.1) is 26.9 Å². The molecule has 0 aliphatic heterocycles. The first kappa shape index (κ1) is 21.9. The van der Waals surface area contributed by atoms with Crippen LogP contribution in [0.5, 0.6) is 0 Å². The second-order valence-corrected chi connectivity index (χ2v) is 7.72. The summed E-state index contributed by atoms with van der Waals surface area (Å²) < 4.78 is 42.5. The molecule has 11 heteroatoms. The van der Waals surface area contributed by atoms with Crippen LogP contribution in [0, 0.1) is 20.8 Å². The largest absolute Gasteiger partial charge is 0.436 e. The molecule has 2 heterocycles. The van der Waals surface area contributed by atoms with Gasteiger partial charge in [-0.25, -0.2) is 0 Å². The van der Waals surface area contributed by atoms with Gasteiger partial charge in [-0.2, -0.15) is 23.4 Å². The zero-order chi connectivity index (χ0) is 20.4. The number of carbonyl (C=O) groups is 1. The molecular weight excluding hydrogens is 495 g/mol. The molecule has 150 valence electrons. The molecule has 0 radical (unpaired) electrons. The summed E-state index contributed by atoms with van der Waals surface area (Å²) in [5.74, 6) is -0.232. The predicted octanol–water partition coefficient (Wildman–Crippen LogP) is 4.15. The Bertz CT molecular complexity index is 829. The molecule has 1 N–H and O–H groups in total. The fraction of sp³-hybridized carbons (Fsp3) is 0.562. The van der Waals surface area contributed by atoms with Gasteiger partial charge in [0.1, 0.15) is 0 Å². The maximum atomic E-state index is 12.8. The Hall–Kier alpha value is -1.36. The number of nitrogens with one attached hydrogen (secondary N) is 1. The Balaban J connectivity index is 1.79. The van der Waals surface area contributed by atoms with Crippen molar-refractivity contribution in [1.82, 2.24) is 24.9 Å². The summed E-state index contributed by atoms with van der Waals surface area (Å²) in [5, 5.41) is 10.7.